The number of hydrogen-bond acceptors (Lipinski definition) is 11. The minimum atomic E-state index is -4.80. The van der Waals surface area contributed by atoms with Gasteiger partial charge in [0, 0.05) is 30.8 Å². The molecule has 1 unspecified atom stereocenters. The molecule has 0 spiro atoms. The van der Waals surface area contributed by atoms with Crippen LogP contribution in [0, 0.1) is 23.7 Å². The molecule has 3 heterocycles. The summed E-state index contributed by atoms with van der Waals surface area (Å²) in [6, 6.07) is 24.0. The third kappa shape index (κ3) is 11.9. The number of aliphatic hydroxyl groups is 1. The molecule has 2 aliphatic heterocycles. The van der Waals surface area contributed by atoms with E-state index in [4.69, 9.17) is 21.7 Å². The van der Waals surface area contributed by atoms with E-state index in [-0.39, 0.29) is 36.2 Å². The van der Waals surface area contributed by atoms with Crippen LogP contribution in [0.4, 0.5) is 24.5 Å². The maximum atomic E-state index is 14.1. The lowest BCUT2D eigenvalue weighted by molar-refractivity contribution is -0.142. The molecule has 2 saturated heterocycles. The molecule has 0 bridgehead atoms. The Labute approximate surface area is 425 Å². The number of hydrogen-bond donors (Lipinski definition) is 3. The first-order valence-electron chi connectivity index (χ1n) is 23.4. The number of ether oxygens (including phenoxy) is 2. The molecular weight excluding hydrogens is 968 g/mol. The van der Waals surface area contributed by atoms with Crippen molar-refractivity contribution in [3.8, 4) is 28.0 Å². The van der Waals surface area contributed by atoms with Crippen LogP contribution in [0.15, 0.2) is 96.5 Å². The van der Waals surface area contributed by atoms with Crippen LogP contribution in [0.1, 0.15) is 93.0 Å². The van der Waals surface area contributed by atoms with E-state index in [1.807, 2.05) is 52.0 Å². The van der Waals surface area contributed by atoms with E-state index < -0.39 is 64.2 Å². The molecule has 378 valence electrons. The molecule has 0 saturated carbocycles. The maximum absolute atomic E-state index is 14.1. The van der Waals surface area contributed by atoms with Crippen molar-refractivity contribution in [3.05, 3.63) is 124 Å². The van der Waals surface area contributed by atoms with E-state index in [1.165, 1.54) is 11.0 Å². The number of nitriles is 1. The lowest BCUT2D eigenvalue weighted by Crippen LogP contribution is -2.57. The highest BCUT2D eigenvalue weighted by molar-refractivity contribution is 7.81. The van der Waals surface area contributed by atoms with Gasteiger partial charge in [0.25, 0.3) is 11.8 Å². The number of aliphatic hydroxyl groups excluding tert-OH is 1. The summed E-state index contributed by atoms with van der Waals surface area (Å²) in [5, 5.41) is 25.6. The number of aryl methyl sites for hydroxylation is 1. The van der Waals surface area contributed by atoms with Crippen molar-refractivity contribution in [2.75, 3.05) is 29.6 Å². The Bertz CT molecular complexity index is 2840. The van der Waals surface area contributed by atoms with Gasteiger partial charge in [-0.05, 0) is 136 Å². The smallest absolute Gasteiger partial charge is 0.417 e. The van der Waals surface area contributed by atoms with E-state index in [0.717, 1.165) is 58.0 Å². The van der Waals surface area contributed by atoms with E-state index in [1.54, 1.807) is 90.2 Å². The Morgan fingerprint density at radius 3 is 2.11 bits per heavy atom. The second-order valence-corrected chi connectivity index (χ2v) is 20.5. The number of halogens is 3. The molecule has 0 radical (unpaired) electrons. The number of thiazole rings is 1. The van der Waals surface area contributed by atoms with E-state index in [0.29, 0.717) is 36.0 Å². The number of amides is 4. The standard InChI is InChI=1S/C53H56F3N7O7S2/c1-32-44(72-31-59-32)34-12-10-33(11-13-34)29-58-47(66)43-27-39(64)30-61(43)48(67)45(51(2,3)4)60-46(65)35-15-20-40(21-16-35)69-24-8-7-9-25-70-41-22-18-37(19-23-41)63-50(71)62(49(68)52(63,5)6)38-17-14-36(28-57)42(26-38)53(54,55)56/h10-23,26,31,39,43,45,64H,7-9,24-25,27,29-30H2,1-6H3,(H,58,66)(H,60,65)/t39-,43+,45?/m1/s1. The van der Waals surface area contributed by atoms with Gasteiger partial charge in [0.2, 0.25) is 11.8 Å². The molecular formula is C53H56F3N7O7S2. The van der Waals surface area contributed by atoms with Crippen molar-refractivity contribution >= 4 is 63.7 Å². The summed E-state index contributed by atoms with van der Waals surface area (Å²) in [6.07, 6.45) is -3.39. The van der Waals surface area contributed by atoms with Crippen molar-refractivity contribution in [3.63, 3.8) is 0 Å². The van der Waals surface area contributed by atoms with Gasteiger partial charge in [-0.1, -0.05) is 45.0 Å². The van der Waals surface area contributed by atoms with E-state index in [9.17, 15) is 42.7 Å². The highest BCUT2D eigenvalue weighted by Gasteiger charge is 2.51. The Morgan fingerprint density at radius 1 is 0.931 bits per heavy atom. The first-order valence-corrected chi connectivity index (χ1v) is 24.7. The van der Waals surface area contributed by atoms with E-state index >= 15 is 0 Å². The number of nitrogens with one attached hydrogen (secondary N) is 2. The fourth-order valence-corrected chi connectivity index (χ4v) is 9.94. The van der Waals surface area contributed by atoms with Crippen LogP contribution >= 0.6 is 23.6 Å². The minimum Gasteiger partial charge on any atom is -0.494 e. The zero-order valence-corrected chi connectivity index (χ0v) is 42.3. The van der Waals surface area contributed by atoms with Crippen molar-refractivity contribution in [1.82, 2.24) is 20.5 Å². The first kappa shape index (κ1) is 52.9. The van der Waals surface area contributed by atoms with Crippen LogP contribution in [0.2, 0.25) is 0 Å². The summed E-state index contributed by atoms with van der Waals surface area (Å²) in [5.74, 6) is -0.712. The number of unbranched alkanes of at least 4 members (excludes halogenated alkanes) is 2. The molecule has 5 aromatic rings. The normalized spacial score (nSPS) is 17.2. The van der Waals surface area contributed by atoms with Crippen LogP contribution in [0.5, 0.6) is 11.5 Å². The number of aromatic nitrogens is 1. The highest BCUT2D eigenvalue weighted by Crippen LogP contribution is 2.40. The third-order valence-corrected chi connectivity index (χ3v) is 13.9. The number of benzene rings is 4. The summed E-state index contributed by atoms with van der Waals surface area (Å²) in [4.78, 5) is 64.1. The van der Waals surface area contributed by atoms with Gasteiger partial charge in [0.1, 0.15) is 29.1 Å². The van der Waals surface area contributed by atoms with Gasteiger partial charge in [0.15, 0.2) is 5.11 Å². The average molecular weight is 1020 g/mol. The van der Waals surface area contributed by atoms with Crippen molar-refractivity contribution in [2.45, 2.75) is 104 Å². The number of nitrogens with zero attached hydrogens (tertiary/aromatic N) is 5. The maximum Gasteiger partial charge on any atom is 0.417 e. The topological polar surface area (TPSA) is 177 Å². The Hall–Kier alpha value is -6.88. The zero-order chi connectivity index (χ0) is 52.1. The zero-order valence-electron chi connectivity index (χ0n) is 40.7. The quantitative estimate of drug-likeness (QED) is 0.0599. The molecule has 3 N–H and O–H groups in total. The molecule has 19 heteroatoms. The summed E-state index contributed by atoms with van der Waals surface area (Å²) in [5.41, 5.74) is 1.76. The fourth-order valence-electron chi connectivity index (χ4n) is 8.61. The van der Waals surface area contributed by atoms with E-state index in [2.05, 4.69) is 15.6 Å². The lowest BCUT2D eigenvalue weighted by atomic mass is 9.85. The minimum absolute atomic E-state index is 0.00536. The molecule has 2 fully saturated rings. The Balaban J connectivity index is 0.845. The molecule has 4 aromatic carbocycles. The predicted octanol–water partition coefficient (Wildman–Crippen LogP) is 8.98. The van der Waals surface area contributed by atoms with Crippen molar-refractivity contribution in [1.29, 1.82) is 5.26 Å². The fraction of sp³-hybridized carbons (Fsp3) is 0.377. The largest absolute Gasteiger partial charge is 0.494 e. The number of β-amino-alcohol motifs (C(OH)–C–C–N with tert-alkyl or cyclic N) is 1. The monoisotopic (exact) mass is 1020 g/mol. The van der Waals surface area contributed by atoms with Crippen LogP contribution in [-0.4, -0.2) is 87.2 Å². The number of anilines is 2. The molecule has 3 atom stereocenters. The number of carbonyl (C=O) groups excluding carboxylic acids is 4. The molecule has 7 rings (SSSR count). The number of thiocarbonyl (C=S) groups is 1. The van der Waals surface area contributed by atoms with Crippen LogP contribution in [-0.2, 0) is 27.1 Å². The summed E-state index contributed by atoms with van der Waals surface area (Å²) in [7, 11) is 0. The molecule has 2 aliphatic rings. The predicted molar refractivity (Wildman–Crippen MR) is 271 cm³/mol. The van der Waals surface area contributed by atoms with Crippen molar-refractivity contribution in [2.24, 2.45) is 5.41 Å². The Morgan fingerprint density at radius 2 is 1.54 bits per heavy atom. The third-order valence-electron chi connectivity index (χ3n) is 12.6. The highest BCUT2D eigenvalue weighted by atomic mass is 32.1. The molecule has 4 amide bonds. The summed E-state index contributed by atoms with van der Waals surface area (Å²) >= 11 is 7.20. The van der Waals surface area contributed by atoms with Gasteiger partial charge in [-0.25, -0.2) is 4.98 Å². The van der Waals surface area contributed by atoms with Gasteiger partial charge in [-0.2, -0.15) is 18.4 Å². The molecule has 14 nitrogen and oxygen atoms in total. The van der Waals surface area contributed by atoms with Gasteiger partial charge >= 0.3 is 6.18 Å². The van der Waals surface area contributed by atoms with Crippen LogP contribution in [0.3, 0.4) is 0 Å². The van der Waals surface area contributed by atoms with Crippen LogP contribution in [0.25, 0.3) is 10.4 Å². The van der Waals surface area contributed by atoms with Gasteiger partial charge in [0.05, 0.1) is 58.3 Å². The second kappa shape index (κ2) is 21.9. The number of likely N-dealkylation sites (tertiary alicyclic amines) is 1. The average Bonchev–Trinajstić information content (AvgIpc) is 4.01. The SMILES string of the molecule is Cc1ncsc1-c1ccc(CNC(=O)[C@@H]2C[C@@H](O)CN2C(=O)C(NC(=O)c2ccc(OCCCCCOc3ccc(N4C(=S)N(c5ccc(C#N)c(C(F)(F)F)c5)C(=O)C4(C)C)cc3)cc2)C(C)(C)C)cc1. The Kier molecular flexibility index (Phi) is 16.1. The second-order valence-electron chi connectivity index (χ2n) is 19.3. The van der Waals surface area contributed by atoms with Gasteiger partial charge in [-0.15, -0.1) is 11.3 Å². The van der Waals surface area contributed by atoms with Gasteiger partial charge < -0.3 is 35.0 Å². The molecule has 1 aromatic heterocycles. The summed E-state index contributed by atoms with van der Waals surface area (Å²) < 4.78 is 53.1. The van der Waals surface area contributed by atoms with Crippen molar-refractivity contribution < 1.29 is 46.9 Å². The number of carbonyl (C=O) groups is 4. The van der Waals surface area contributed by atoms with Gasteiger partial charge in [-0.3, -0.25) is 24.1 Å². The number of alkyl halides is 3. The molecule has 0 aliphatic carbocycles. The lowest BCUT2D eigenvalue weighted by Gasteiger charge is -2.35. The number of rotatable bonds is 17. The first-order chi connectivity index (χ1) is 34.1. The van der Waals surface area contributed by atoms with Crippen LogP contribution < -0.4 is 29.9 Å². The molecule has 72 heavy (non-hydrogen) atoms. The summed E-state index contributed by atoms with van der Waals surface area (Å²) in [6.45, 7) is 11.7.